The molecule has 3 aromatic carbocycles. The van der Waals surface area contributed by atoms with Gasteiger partial charge in [-0.25, -0.2) is 9.59 Å². The van der Waals surface area contributed by atoms with Crippen LogP contribution in [0, 0.1) is 0 Å². The van der Waals surface area contributed by atoms with Crippen molar-refractivity contribution in [1.29, 1.82) is 0 Å². The van der Waals surface area contributed by atoms with E-state index in [0.29, 0.717) is 25.1 Å². The van der Waals surface area contributed by atoms with Gasteiger partial charge in [0, 0.05) is 18.2 Å². The molecule has 1 aliphatic heterocycles. The summed E-state index contributed by atoms with van der Waals surface area (Å²) in [7, 11) is 0. The van der Waals surface area contributed by atoms with Crippen LogP contribution in [-0.4, -0.2) is 47.2 Å². The van der Waals surface area contributed by atoms with Gasteiger partial charge in [-0.1, -0.05) is 60.7 Å². The summed E-state index contributed by atoms with van der Waals surface area (Å²) in [5.41, 5.74) is 5.96. The fourth-order valence-electron chi connectivity index (χ4n) is 5.06. The number of carboxylic acid groups (broad SMARTS) is 1. The summed E-state index contributed by atoms with van der Waals surface area (Å²) < 4.78 is 5.57. The predicted molar refractivity (Wildman–Crippen MR) is 131 cm³/mol. The van der Waals surface area contributed by atoms with Gasteiger partial charge >= 0.3 is 12.1 Å². The largest absolute Gasteiger partial charge is 0.480 e. The Kier molecular flexibility index (Phi) is 6.23. The summed E-state index contributed by atoms with van der Waals surface area (Å²) in [6, 6.07) is 22.5. The minimum Gasteiger partial charge on any atom is -0.480 e. The molecule has 2 aliphatic rings. The second kappa shape index (κ2) is 9.62. The Labute approximate surface area is 203 Å². The van der Waals surface area contributed by atoms with Crippen LogP contribution in [-0.2, 0) is 20.7 Å². The van der Waals surface area contributed by atoms with E-state index in [-0.39, 0.29) is 24.9 Å². The third-order valence-electron chi connectivity index (χ3n) is 6.76. The lowest BCUT2D eigenvalue weighted by Gasteiger charge is -2.21. The van der Waals surface area contributed by atoms with Crippen LogP contribution < -0.4 is 5.32 Å². The molecular weight excluding hydrogens is 444 g/mol. The first-order valence-electron chi connectivity index (χ1n) is 11.7. The Morgan fingerprint density at radius 1 is 0.914 bits per heavy atom. The fourth-order valence-corrected chi connectivity index (χ4v) is 5.06. The van der Waals surface area contributed by atoms with Crippen LogP contribution in [0.25, 0.3) is 11.1 Å². The average molecular weight is 471 g/mol. The summed E-state index contributed by atoms with van der Waals surface area (Å²) in [4.78, 5) is 37.8. The van der Waals surface area contributed by atoms with Crippen molar-refractivity contribution >= 4 is 23.7 Å². The van der Waals surface area contributed by atoms with Gasteiger partial charge in [0.2, 0.25) is 5.91 Å². The number of benzene rings is 3. The van der Waals surface area contributed by atoms with E-state index in [0.717, 1.165) is 16.7 Å². The molecule has 0 unspecified atom stereocenters. The quantitative estimate of drug-likeness (QED) is 0.546. The molecule has 1 atom stereocenters. The summed E-state index contributed by atoms with van der Waals surface area (Å²) in [6.45, 7) is 0.699. The predicted octanol–water partition coefficient (Wildman–Crippen LogP) is 4.67. The normalized spacial score (nSPS) is 16.5. The Morgan fingerprint density at radius 3 is 2.17 bits per heavy atom. The summed E-state index contributed by atoms with van der Waals surface area (Å²) >= 11 is 0. The van der Waals surface area contributed by atoms with Gasteiger partial charge in [0.25, 0.3) is 0 Å². The van der Waals surface area contributed by atoms with Gasteiger partial charge in [0.05, 0.1) is 6.42 Å². The number of nitrogens with one attached hydrogen (secondary N) is 1. The van der Waals surface area contributed by atoms with Crippen molar-refractivity contribution in [2.24, 2.45) is 0 Å². The smallest absolute Gasteiger partial charge is 0.411 e. The van der Waals surface area contributed by atoms with Crippen molar-refractivity contribution in [3.8, 4) is 11.1 Å². The molecular formula is C28H26N2O5. The highest BCUT2D eigenvalue weighted by Crippen LogP contribution is 2.44. The zero-order valence-electron chi connectivity index (χ0n) is 19.1. The Bertz CT molecular complexity index is 1220. The lowest BCUT2D eigenvalue weighted by molar-refractivity contribution is -0.148. The maximum absolute atomic E-state index is 12.6. The number of likely N-dealkylation sites (tertiary alicyclic amines) is 1. The van der Waals surface area contributed by atoms with Crippen LogP contribution in [0.2, 0.25) is 0 Å². The molecule has 1 saturated heterocycles. The van der Waals surface area contributed by atoms with Gasteiger partial charge in [-0.3, -0.25) is 10.1 Å². The first-order valence-corrected chi connectivity index (χ1v) is 11.7. The third-order valence-corrected chi connectivity index (χ3v) is 6.76. The first-order chi connectivity index (χ1) is 17.0. The Morgan fingerprint density at radius 2 is 1.54 bits per heavy atom. The van der Waals surface area contributed by atoms with Crippen LogP contribution >= 0.6 is 0 Å². The summed E-state index contributed by atoms with van der Waals surface area (Å²) in [5, 5.41) is 12.0. The highest BCUT2D eigenvalue weighted by molar-refractivity contribution is 5.87. The molecule has 0 bridgehead atoms. The van der Waals surface area contributed by atoms with Crippen molar-refractivity contribution < 1.29 is 24.2 Å². The van der Waals surface area contributed by atoms with E-state index in [1.54, 1.807) is 24.3 Å². The molecule has 2 N–H and O–H groups in total. The number of aliphatic carboxylic acids is 1. The maximum Gasteiger partial charge on any atom is 0.411 e. The van der Waals surface area contributed by atoms with E-state index < -0.39 is 18.1 Å². The number of carbonyl (C=O) groups is 3. The van der Waals surface area contributed by atoms with Crippen LogP contribution in [0.1, 0.15) is 35.4 Å². The molecule has 0 saturated carbocycles. The molecule has 5 rings (SSSR count). The molecule has 7 heteroatoms. The maximum atomic E-state index is 12.6. The molecule has 1 fully saturated rings. The van der Waals surface area contributed by atoms with Crippen molar-refractivity contribution in [2.45, 2.75) is 31.2 Å². The average Bonchev–Trinajstić information content (AvgIpc) is 3.48. The minimum absolute atomic E-state index is 0.0123. The fraction of sp³-hybridized carbons (Fsp3) is 0.250. The van der Waals surface area contributed by atoms with Crippen LogP contribution in [0.15, 0.2) is 72.8 Å². The van der Waals surface area contributed by atoms with Gasteiger partial charge in [-0.2, -0.15) is 0 Å². The summed E-state index contributed by atoms with van der Waals surface area (Å²) in [5.74, 6) is -1.17. The van der Waals surface area contributed by atoms with E-state index in [4.69, 9.17) is 4.74 Å². The van der Waals surface area contributed by atoms with Gasteiger partial charge in [-0.15, -0.1) is 0 Å². The number of nitrogens with zero attached hydrogens (tertiary/aromatic N) is 1. The van der Waals surface area contributed by atoms with Gasteiger partial charge in [0.15, 0.2) is 0 Å². The van der Waals surface area contributed by atoms with Crippen molar-refractivity contribution in [1.82, 2.24) is 4.90 Å². The number of fused-ring (bicyclic) bond motifs is 3. The van der Waals surface area contributed by atoms with Crippen LogP contribution in [0.5, 0.6) is 0 Å². The zero-order valence-corrected chi connectivity index (χ0v) is 19.1. The van der Waals surface area contributed by atoms with E-state index in [2.05, 4.69) is 29.6 Å². The van der Waals surface area contributed by atoms with Crippen LogP contribution in [0.4, 0.5) is 10.5 Å². The van der Waals surface area contributed by atoms with Crippen molar-refractivity contribution in [3.05, 3.63) is 89.5 Å². The van der Waals surface area contributed by atoms with Gasteiger partial charge in [-0.05, 0) is 52.8 Å². The van der Waals surface area contributed by atoms with Crippen molar-refractivity contribution in [2.75, 3.05) is 18.5 Å². The van der Waals surface area contributed by atoms with E-state index in [9.17, 15) is 19.5 Å². The van der Waals surface area contributed by atoms with Gasteiger partial charge < -0.3 is 14.7 Å². The van der Waals surface area contributed by atoms with Crippen LogP contribution in [0.3, 0.4) is 0 Å². The number of carbonyl (C=O) groups excluding carboxylic acids is 2. The second-order valence-electron chi connectivity index (χ2n) is 8.91. The number of hydrogen-bond donors (Lipinski definition) is 2. The SMILES string of the molecule is O=C(Nc1ccc(CC(=O)N2CCC[C@@H]2C(=O)O)cc1)OCC1c2ccccc2-c2ccccc21. The number of hydrogen-bond acceptors (Lipinski definition) is 4. The molecule has 1 heterocycles. The van der Waals surface area contributed by atoms with E-state index in [1.165, 1.54) is 16.0 Å². The highest BCUT2D eigenvalue weighted by atomic mass is 16.5. The molecule has 7 nitrogen and oxygen atoms in total. The minimum atomic E-state index is -0.960. The molecule has 35 heavy (non-hydrogen) atoms. The van der Waals surface area contributed by atoms with Gasteiger partial charge in [0.1, 0.15) is 12.6 Å². The summed E-state index contributed by atoms with van der Waals surface area (Å²) in [6.07, 6.45) is 0.766. The zero-order chi connectivity index (χ0) is 24.4. The monoisotopic (exact) mass is 470 g/mol. The lowest BCUT2D eigenvalue weighted by Crippen LogP contribution is -2.41. The molecule has 0 spiro atoms. The van der Waals surface area contributed by atoms with Crippen molar-refractivity contribution in [3.63, 3.8) is 0 Å². The topological polar surface area (TPSA) is 95.9 Å². The highest BCUT2D eigenvalue weighted by Gasteiger charge is 2.33. The molecule has 3 aromatic rings. The molecule has 2 amide bonds. The number of anilines is 1. The van der Waals surface area contributed by atoms with E-state index >= 15 is 0 Å². The standard InChI is InChI=1S/C28H26N2O5/c31-26(30-15-5-10-25(30)27(32)33)16-18-11-13-19(14-12-18)29-28(34)35-17-24-22-8-3-1-6-20(22)21-7-2-4-9-23(21)24/h1-4,6-9,11-14,24-25H,5,10,15-17H2,(H,29,34)(H,32,33)/t25-/m1/s1. The molecule has 178 valence electrons. The number of ether oxygens (including phenoxy) is 1. The number of rotatable bonds is 6. The molecule has 0 aromatic heterocycles. The van der Waals surface area contributed by atoms with E-state index in [1.807, 2.05) is 24.3 Å². The number of carboxylic acids is 1. The lowest BCUT2D eigenvalue weighted by atomic mass is 9.98. The second-order valence-corrected chi connectivity index (χ2v) is 8.91. The number of amides is 2. The first kappa shape index (κ1) is 22.7. The molecule has 1 aliphatic carbocycles. The Balaban J connectivity index is 1.17. The Hall–Kier alpha value is -4.13. The third kappa shape index (κ3) is 4.62. The molecule has 0 radical (unpaired) electrons.